The summed E-state index contributed by atoms with van der Waals surface area (Å²) in [4.78, 5) is 0. The summed E-state index contributed by atoms with van der Waals surface area (Å²) in [6, 6.07) is 27.3. The van der Waals surface area contributed by atoms with E-state index in [0.717, 1.165) is 22.6 Å². The van der Waals surface area contributed by atoms with Crippen molar-refractivity contribution in [2.75, 3.05) is 12.4 Å². The lowest BCUT2D eigenvalue weighted by atomic mass is 10.1. The van der Waals surface area contributed by atoms with Crippen molar-refractivity contribution in [3.63, 3.8) is 0 Å². The maximum atomic E-state index is 5.99. The van der Waals surface area contributed by atoms with Gasteiger partial charge in [-0.05, 0) is 42.0 Å². The summed E-state index contributed by atoms with van der Waals surface area (Å²) >= 11 is 0. The maximum absolute atomic E-state index is 5.99. The van der Waals surface area contributed by atoms with Crippen LogP contribution in [0.15, 0.2) is 89.3 Å². The Hall–Kier alpha value is -3.60. The molecular formula is C22H19N3O2. The fraction of sp³-hybridized carbons (Fsp3) is 0.0909. The minimum absolute atomic E-state index is 0.260. The molecule has 5 nitrogen and oxygen atoms in total. The predicted octanol–water partition coefficient (Wildman–Crippen LogP) is 4.95. The van der Waals surface area contributed by atoms with Crippen molar-refractivity contribution in [1.29, 1.82) is 0 Å². The molecule has 0 aliphatic heterocycles. The molecule has 1 heterocycles. The molecule has 0 spiro atoms. The summed E-state index contributed by atoms with van der Waals surface area (Å²) in [6.45, 7) is 0. The Labute approximate surface area is 157 Å². The SMILES string of the molecule is COc1ccc(N[C@H](c2ccccc2)c2nnc(-c3ccccc3)o2)cc1. The Morgan fingerprint density at radius 2 is 1.48 bits per heavy atom. The van der Waals surface area contributed by atoms with Gasteiger partial charge in [-0.3, -0.25) is 0 Å². The zero-order valence-corrected chi connectivity index (χ0v) is 14.9. The summed E-state index contributed by atoms with van der Waals surface area (Å²) < 4.78 is 11.2. The van der Waals surface area contributed by atoms with Crippen molar-refractivity contribution in [2.45, 2.75) is 6.04 Å². The number of rotatable bonds is 6. The summed E-state index contributed by atoms with van der Waals surface area (Å²) in [5.74, 6) is 1.82. The first-order valence-electron chi connectivity index (χ1n) is 8.68. The molecule has 0 aliphatic rings. The van der Waals surface area contributed by atoms with Crippen molar-refractivity contribution >= 4 is 5.69 Å². The van der Waals surface area contributed by atoms with E-state index in [-0.39, 0.29) is 6.04 Å². The lowest BCUT2D eigenvalue weighted by molar-refractivity contribution is 0.415. The van der Waals surface area contributed by atoms with Gasteiger partial charge in [-0.2, -0.15) is 0 Å². The van der Waals surface area contributed by atoms with E-state index in [9.17, 15) is 0 Å². The summed E-state index contributed by atoms with van der Waals surface area (Å²) in [5.41, 5.74) is 2.87. The molecule has 134 valence electrons. The molecule has 5 heteroatoms. The third-order valence-electron chi connectivity index (χ3n) is 4.24. The van der Waals surface area contributed by atoms with E-state index < -0.39 is 0 Å². The lowest BCUT2D eigenvalue weighted by Crippen LogP contribution is -2.12. The molecule has 0 saturated carbocycles. The molecule has 27 heavy (non-hydrogen) atoms. The molecule has 0 amide bonds. The third kappa shape index (κ3) is 3.82. The van der Waals surface area contributed by atoms with Gasteiger partial charge in [0.25, 0.3) is 0 Å². The summed E-state index contributed by atoms with van der Waals surface area (Å²) in [6.07, 6.45) is 0. The normalized spacial score (nSPS) is 11.7. The molecule has 0 unspecified atom stereocenters. The van der Waals surface area contributed by atoms with Crippen LogP contribution in [0, 0.1) is 0 Å². The van der Waals surface area contributed by atoms with E-state index >= 15 is 0 Å². The highest BCUT2D eigenvalue weighted by molar-refractivity contribution is 5.53. The van der Waals surface area contributed by atoms with Gasteiger partial charge in [0.1, 0.15) is 11.8 Å². The van der Waals surface area contributed by atoms with Crippen molar-refractivity contribution in [3.8, 4) is 17.2 Å². The molecule has 0 radical (unpaired) electrons. The van der Waals surface area contributed by atoms with E-state index in [0.29, 0.717) is 11.8 Å². The smallest absolute Gasteiger partial charge is 0.247 e. The first-order valence-corrected chi connectivity index (χ1v) is 8.68. The van der Waals surface area contributed by atoms with Crippen molar-refractivity contribution in [2.24, 2.45) is 0 Å². The Balaban J connectivity index is 1.67. The Morgan fingerprint density at radius 1 is 0.815 bits per heavy atom. The molecule has 0 saturated heterocycles. The van der Waals surface area contributed by atoms with Gasteiger partial charge in [0, 0.05) is 11.3 Å². The van der Waals surface area contributed by atoms with E-state index in [4.69, 9.17) is 9.15 Å². The van der Waals surface area contributed by atoms with Crippen LogP contribution >= 0.6 is 0 Å². The van der Waals surface area contributed by atoms with Crippen LogP contribution in [0.25, 0.3) is 11.5 Å². The second-order valence-corrected chi connectivity index (χ2v) is 6.03. The van der Waals surface area contributed by atoms with E-state index in [2.05, 4.69) is 15.5 Å². The largest absolute Gasteiger partial charge is 0.497 e. The van der Waals surface area contributed by atoms with Crippen LogP contribution in [0.5, 0.6) is 5.75 Å². The molecule has 4 rings (SSSR count). The van der Waals surface area contributed by atoms with Crippen LogP contribution in [-0.4, -0.2) is 17.3 Å². The third-order valence-corrected chi connectivity index (χ3v) is 4.24. The van der Waals surface area contributed by atoms with E-state index in [1.165, 1.54) is 0 Å². The number of hydrogen-bond acceptors (Lipinski definition) is 5. The number of hydrogen-bond donors (Lipinski definition) is 1. The van der Waals surface area contributed by atoms with E-state index in [1.54, 1.807) is 7.11 Å². The fourth-order valence-corrected chi connectivity index (χ4v) is 2.84. The average Bonchev–Trinajstić information content (AvgIpc) is 3.24. The Bertz CT molecular complexity index is 983. The average molecular weight is 357 g/mol. The van der Waals surface area contributed by atoms with Crippen molar-refractivity contribution in [3.05, 3.63) is 96.4 Å². The highest BCUT2D eigenvalue weighted by Gasteiger charge is 2.21. The van der Waals surface area contributed by atoms with Gasteiger partial charge in [0.05, 0.1) is 7.11 Å². The molecule has 1 aromatic heterocycles. The van der Waals surface area contributed by atoms with Gasteiger partial charge in [-0.1, -0.05) is 48.5 Å². The van der Waals surface area contributed by atoms with Gasteiger partial charge in [0.15, 0.2) is 0 Å². The predicted molar refractivity (Wildman–Crippen MR) is 105 cm³/mol. The molecule has 0 aliphatic carbocycles. The zero-order valence-electron chi connectivity index (χ0n) is 14.9. The van der Waals surface area contributed by atoms with Crippen LogP contribution in [0.3, 0.4) is 0 Å². The van der Waals surface area contributed by atoms with Crippen LogP contribution < -0.4 is 10.1 Å². The second kappa shape index (κ2) is 7.74. The first kappa shape index (κ1) is 16.8. The van der Waals surface area contributed by atoms with E-state index in [1.807, 2.05) is 84.9 Å². The van der Waals surface area contributed by atoms with Gasteiger partial charge in [-0.15, -0.1) is 10.2 Å². The summed E-state index contributed by atoms with van der Waals surface area (Å²) in [5, 5.41) is 12.0. The minimum atomic E-state index is -0.260. The standard InChI is InChI=1S/C22H19N3O2/c1-26-19-14-12-18(13-15-19)23-20(16-8-4-2-5-9-16)22-25-24-21(27-22)17-10-6-3-7-11-17/h2-15,20,23H,1H3/t20-/m1/s1. The zero-order chi connectivity index (χ0) is 18.5. The number of nitrogens with zero attached hydrogens (tertiary/aromatic N) is 2. The molecule has 1 atom stereocenters. The lowest BCUT2D eigenvalue weighted by Gasteiger charge is -2.17. The van der Waals surface area contributed by atoms with Gasteiger partial charge in [0.2, 0.25) is 11.8 Å². The molecule has 0 fully saturated rings. The van der Waals surface area contributed by atoms with Crippen molar-refractivity contribution < 1.29 is 9.15 Å². The maximum Gasteiger partial charge on any atom is 0.247 e. The van der Waals surface area contributed by atoms with Crippen LogP contribution in [0.2, 0.25) is 0 Å². The number of ether oxygens (including phenoxy) is 1. The van der Waals surface area contributed by atoms with Crippen LogP contribution in [0.4, 0.5) is 5.69 Å². The summed E-state index contributed by atoms with van der Waals surface area (Å²) in [7, 11) is 1.65. The van der Waals surface area contributed by atoms with Gasteiger partial charge in [-0.25, -0.2) is 0 Å². The topological polar surface area (TPSA) is 60.2 Å². The molecule has 4 aromatic rings. The Morgan fingerprint density at radius 3 is 2.15 bits per heavy atom. The van der Waals surface area contributed by atoms with Gasteiger partial charge < -0.3 is 14.5 Å². The molecule has 0 bridgehead atoms. The molecular weight excluding hydrogens is 338 g/mol. The molecule has 3 aromatic carbocycles. The Kier molecular flexibility index (Phi) is 4.83. The minimum Gasteiger partial charge on any atom is -0.497 e. The second-order valence-electron chi connectivity index (χ2n) is 6.03. The van der Waals surface area contributed by atoms with Crippen LogP contribution in [0.1, 0.15) is 17.5 Å². The number of aromatic nitrogens is 2. The number of benzene rings is 3. The van der Waals surface area contributed by atoms with Crippen LogP contribution in [-0.2, 0) is 0 Å². The fourth-order valence-electron chi connectivity index (χ4n) is 2.84. The highest BCUT2D eigenvalue weighted by atomic mass is 16.5. The molecule has 1 N–H and O–H groups in total. The number of nitrogens with one attached hydrogen (secondary N) is 1. The quantitative estimate of drug-likeness (QED) is 0.529. The van der Waals surface area contributed by atoms with Crippen molar-refractivity contribution in [1.82, 2.24) is 10.2 Å². The monoisotopic (exact) mass is 357 g/mol. The van der Waals surface area contributed by atoms with Gasteiger partial charge >= 0.3 is 0 Å². The number of anilines is 1. The number of methoxy groups -OCH3 is 1. The highest BCUT2D eigenvalue weighted by Crippen LogP contribution is 2.29. The first-order chi connectivity index (χ1) is 13.3.